The molecule has 2 aliphatic rings. The van der Waals surface area contributed by atoms with Crippen molar-refractivity contribution in [2.24, 2.45) is 4.99 Å². The van der Waals surface area contributed by atoms with Gasteiger partial charge in [0.15, 0.2) is 0 Å². The third kappa shape index (κ3) is 7.94. The summed E-state index contributed by atoms with van der Waals surface area (Å²) in [6.07, 6.45) is 7.94. The largest absolute Gasteiger partial charge is 0.348 e. The predicted octanol–water partition coefficient (Wildman–Crippen LogP) is 7.10. The monoisotopic (exact) mass is 526 g/mol. The van der Waals surface area contributed by atoms with E-state index in [4.69, 9.17) is 9.98 Å². The van der Waals surface area contributed by atoms with Gasteiger partial charge in [-0.05, 0) is 81.1 Å². The number of halogens is 1. The fourth-order valence-corrected chi connectivity index (χ4v) is 4.00. The molecular weight excluding hydrogens is 487 g/mol. The Morgan fingerprint density at radius 3 is 2.38 bits per heavy atom. The normalized spacial score (nSPS) is 14.6. The highest BCUT2D eigenvalue weighted by Gasteiger charge is 2.25. The van der Waals surface area contributed by atoms with Crippen LogP contribution < -0.4 is 10.6 Å². The Bertz CT molecular complexity index is 1320. The van der Waals surface area contributed by atoms with Gasteiger partial charge < -0.3 is 15.5 Å². The van der Waals surface area contributed by atoms with Gasteiger partial charge in [-0.3, -0.25) is 0 Å². The zero-order chi connectivity index (χ0) is 28.2. The van der Waals surface area contributed by atoms with Crippen LogP contribution in [-0.2, 0) is 0 Å². The first-order valence-corrected chi connectivity index (χ1v) is 13.5. The summed E-state index contributed by atoms with van der Waals surface area (Å²) in [5, 5.41) is 6.33. The number of aliphatic imine (C=N–C) groups is 1. The van der Waals surface area contributed by atoms with Gasteiger partial charge in [0, 0.05) is 18.0 Å². The molecule has 0 spiro atoms. The van der Waals surface area contributed by atoms with Crippen molar-refractivity contribution < 1.29 is 4.39 Å². The second-order valence-corrected chi connectivity index (χ2v) is 8.89. The van der Waals surface area contributed by atoms with Gasteiger partial charge in [-0.15, -0.1) is 0 Å². The fourth-order valence-electron chi connectivity index (χ4n) is 4.00. The summed E-state index contributed by atoms with van der Waals surface area (Å²) in [5.41, 5.74) is 6.43. The van der Waals surface area contributed by atoms with Crippen LogP contribution in [0, 0.1) is 5.82 Å². The maximum atomic E-state index is 13.6. The molecular formula is C32H39FN6. The SMILES string of the molecule is CC.CC1=CC2=NC(c3ccc(F)cc3)=C(c3ccnc(N[C@@H](C)c4ccccc4)n3)N(C=C1)C2.CCNC. The average molecular weight is 527 g/mol. The van der Waals surface area contributed by atoms with Gasteiger partial charge in [-0.1, -0.05) is 51.1 Å². The summed E-state index contributed by atoms with van der Waals surface area (Å²) < 4.78 is 13.6. The number of allylic oxidation sites excluding steroid dienone is 2. The molecule has 0 saturated heterocycles. The van der Waals surface area contributed by atoms with Crippen LogP contribution in [0.15, 0.2) is 95.8 Å². The molecule has 1 atom stereocenters. The van der Waals surface area contributed by atoms with Crippen molar-refractivity contribution in [3.8, 4) is 0 Å². The van der Waals surface area contributed by atoms with Crippen LogP contribution in [0.25, 0.3) is 11.4 Å². The minimum absolute atomic E-state index is 0.0490. The van der Waals surface area contributed by atoms with E-state index in [1.165, 1.54) is 12.1 Å². The Kier molecular flexibility index (Phi) is 11.1. The molecule has 6 nitrogen and oxygen atoms in total. The molecule has 2 aliphatic heterocycles. The smallest absolute Gasteiger partial charge is 0.223 e. The van der Waals surface area contributed by atoms with Crippen LogP contribution in [0.3, 0.4) is 0 Å². The van der Waals surface area contributed by atoms with Crippen LogP contribution in [-0.4, -0.2) is 40.7 Å². The molecule has 39 heavy (non-hydrogen) atoms. The summed E-state index contributed by atoms with van der Waals surface area (Å²) >= 11 is 0. The van der Waals surface area contributed by atoms with Gasteiger partial charge in [-0.2, -0.15) is 0 Å². The number of benzene rings is 2. The van der Waals surface area contributed by atoms with Crippen LogP contribution in [0.1, 0.15) is 57.5 Å². The van der Waals surface area contributed by atoms with Gasteiger partial charge in [0.2, 0.25) is 5.95 Å². The Labute approximate surface area is 232 Å². The van der Waals surface area contributed by atoms with Crippen molar-refractivity contribution in [2.75, 3.05) is 25.5 Å². The number of nitrogens with zero attached hydrogens (tertiary/aromatic N) is 4. The standard InChI is InChI=1S/C27H24FN5.C3H9N.C2H6/c1-18-13-15-33-17-23(16-18)31-25(21-8-10-22(28)11-9-21)26(33)24-12-14-29-27(32-24)30-19(2)20-6-4-3-5-7-20;1-3-4-2;1-2/h3-16,19H,17H2,1-2H3,(H,29,30,32);4H,3H2,1-2H3;1-2H3/t19-;;/m0../s1. The predicted molar refractivity (Wildman–Crippen MR) is 162 cm³/mol. The minimum Gasteiger partial charge on any atom is -0.348 e. The molecule has 0 aliphatic carbocycles. The molecule has 5 rings (SSSR count). The number of nitrogens with one attached hydrogen (secondary N) is 2. The van der Waals surface area contributed by atoms with E-state index in [0.29, 0.717) is 12.5 Å². The number of hydrogen-bond donors (Lipinski definition) is 2. The quantitative estimate of drug-likeness (QED) is 0.359. The molecule has 7 heteroatoms. The van der Waals surface area contributed by atoms with E-state index in [0.717, 1.165) is 46.0 Å². The Hall–Kier alpha value is -4.10. The fraction of sp³-hybridized carbons (Fsp3) is 0.281. The first kappa shape index (κ1) is 29.5. The summed E-state index contributed by atoms with van der Waals surface area (Å²) in [4.78, 5) is 16.4. The third-order valence-electron chi connectivity index (χ3n) is 6.03. The average Bonchev–Trinajstić information content (AvgIpc) is 3.12. The van der Waals surface area contributed by atoms with Crippen molar-refractivity contribution in [2.45, 2.75) is 40.7 Å². The third-order valence-corrected chi connectivity index (χ3v) is 6.03. The van der Waals surface area contributed by atoms with E-state index in [1.54, 1.807) is 18.3 Å². The lowest BCUT2D eigenvalue weighted by Gasteiger charge is -2.29. The maximum absolute atomic E-state index is 13.6. The van der Waals surface area contributed by atoms with Crippen LogP contribution >= 0.6 is 0 Å². The highest BCUT2D eigenvalue weighted by Crippen LogP contribution is 2.35. The minimum atomic E-state index is -0.277. The molecule has 2 bridgehead atoms. The van der Waals surface area contributed by atoms with Crippen LogP contribution in [0.4, 0.5) is 10.3 Å². The van der Waals surface area contributed by atoms with E-state index >= 15 is 0 Å². The lowest BCUT2D eigenvalue weighted by Crippen LogP contribution is -2.27. The number of rotatable bonds is 6. The van der Waals surface area contributed by atoms with Crippen LogP contribution in [0.2, 0.25) is 0 Å². The molecule has 0 unspecified atom stereocenters. The zero-order valence-electron chi connectivity index (χ0n) is 23.7. The van der Waals surface area contributed by atoms with E-state index in [9.17, 15) is 4.39 Å². The van der Waals surface area contributed by atoms with Gasteiger partial charge in [0.05, 0.1) is 35.4 Å². The molecule has 0 radical (unpaired) electrons. The molecule has 0 fully saturated rings. The molecule has 0 amide bonds. The number of aromatic nitrogens is 2. The molecule has 1 aromatic heterocycles. The highest BCUT2D eigenvalue weighted by atomic mass is 19.1. The molecule has 3 heterocycles. The number of hydrogen-bond acceptors (Lipinski definition) is 6. The molecule has 2 N–H and O–H groups in total. The molecule has 0 saturated carbocycles. The lowest BCUT2D eigenvalue weighted by atomic mass is 10.0. The number of anilines is 1. The number of fused-ring (bicyclic) bond motifs is 2. The second-order valence-electron chi connectivity index (χ2n) is 8.89. The van der Waals surface area contributed by atoms with Crippen LogP contribution in [0.5, 0.6) is 0 Å². The molecule has 2 aromatic carbocycles. The van der Waals surface area contributed by atoms with E-state index in [2.05, 4.69) is 65.6 Å². The van der Waals surface area contributed by atoms with Gasteiger partial charge in [-0.25, -0.2) is 19.4 Å². The Balaban J connectivity index is 0.000000644. The Morgan fingerprint density at radius 2 is 1.72 bits per heavy atom. The van der Waals surface area contributed by atoms with E-state index in [1.807, 2.05) is 51.4 Å². The summed E-state index contributed by atoms with van der Waals surface area (Å²) in [7, 11) is 1.93. The maximum Gasteiger partial charge on any atom is 0.223 e. The molecule has 204 valence electrons. The van der Waals surface area contributed by atoms with Crippen molar-refractivity contribution in [3.63, 3.8) is 0 Å². The lowest BCUT2D eigenvalue weighted by molar-refractivity contribution is 0.603. The first-order chi connectivity index (χ1) is 19.0. The zero-order valence-corrected chi connectivity index (χ0v) is 23.7. The van der Waals surface area contributed by atoms with Crippen molar-refractivity contribution in [1.29, 1.82) is 0 Å². The summed E-state index contributed by atoms with van der Waals surface area (Å²) in [6, 6.07) is 18.5. The molecule has 3 aromatic rings. The first-order valence-electron chi connectivity index (χ1n) is 13.5. The topological polar surface area (TPSA) is 65.4 Å². The van der Waals surface area contributed by atoms with Gasteiger partial charge in [0.1, 0.15) is 5.82 Å². The second kappa shape index (κ2) is 14.7. The van der Waals surface area contributed by atoms with Gasteiger partial charge in [0.25, 0.3) is 0 Å². The van der Waals surface area contributed by atoms with Crippen molar-refractivity contribution in [1.82, 2.24) is 20.2 Å². The highest BCUT2D eigenvalue weighted by molar-refractivity contribution is 6.07. The van der Waals surface area contributed by atoms with Gasteiger partial charge >= 0.3 is 0 Å². The summed E-state index contributed by atoms with van der Waals surface area (Å²) in [5.74, 6) is 0.263. The van der Waals surface area contributed by atoms with E-state index < -0.39 is 0 Å². The van der Waals surface area contributed by atoms with Crippen molar-refractivity contribution in [3.05, 3.63) is 113 Å². The summed E-state index contributed by atoms with van der Waals surface area (Å²) in [6.45, 7) is 11.9. The van der Waals surface area contributed by atoms with Crippen molar-refractivity contribution >= 4 is 23.1 Å². The Morgan fingerprint density at radius 1 is 1.03 bits per heavy atom. The van der Waals surface area contributed by atoms with E-state index in [-0.39, 0.29) is 11.9 Å².